The standard InChI is InChI=1S/C6H8N4O4S/c11-5(12)1-4-15(13,14)10-6-7-2-3-8-9-6/h2-3H,1,4H2,(H,11,12)(H,7,9,10). The number of nitrogens with zero attached hydrogens (tertiary/aromatic N) is 3. The second-order valence-corrected chi connectivity index (χ2v) is 4.37. The second kappa shape index (κ2) is 4.64. The smallest absolute Gasteiger partial charge is 0.304 e. The van der Waals surface area contributed by atoms with Crippen LogP contribution in [0.25, 0.3) is 0 Å². The minimum Gasteiger partial charge on any atom is -0.481 e. The van der Waals surface area contributed by atoms with E-state index in [9.17, 15) is 13.2 Å². The van der Waals surface area contributed by atoms with E-state index in [-0.39, 0.29) is 5.95 Å². The summed E-state index contributed by atoms with van der Waals surface area (Å²) in [5, 5.41) is 15.1. The quantitative estimate of drug-likeness (QED) is 0.673. The van der Waals surface area contributed by atoms with Gasteiger partial charge in [0.2, 0.25) is 10.0 Å². The highest BCUT2D eigenvalue weighted by Gasteiger charge is 2.13. The number of aromatic nitrogens is 3. The van der Waals surface area contributed by atoms with Crippen molar-refractivity contribution in [1.82, 2.24) is 15.2 Å². The van der Waals surface area contributed by atoms with Gasteiger partial charge in [-0.1, -0.05) is 0 Å². The third kappa shape index (κ3) is 4.31. The van der Waals surface area contributed by atoms with Gasteiger partial charge < -0.3 is 5.11 Å². The number of carboxylic acid groups (broad SMARTS) is 1. The maximum Gasteiger partial charge on any atom is 0.304 e. The van der Waals surface area contributed by atoms with Crippen LogP contribution < -0.4 is 4.72 Å². The molecule has 0 saturated heterocycles. The molecule has 0 aromatic carbocycles. The molecule has 0 radical (unpaired) electrons. The number of carbonyl (C=O) groups is 1. The summed E-state index contributed by atoms with van der Waals surface area (Å²) >= 11 is 0. The molecule has 1 aromatic rings. The van der Waals surface area contributed by atoms with Gasteiger partial charge in [0.15, 0.2) is 0 Å². The van der Waals surface area contributed by atoms with Crippen LogP contribution in [0.3, 0.4) is 0 Å². The Bertz CT molecular complexity index is 432. The van der Waals surface area contributed by atoms with Gasteiger partial charge in [0, 0.05) is 0 Å². The van der Waals surface area contributed by atoms with Gasteiger partial charge >= 0.3 is 5.97 Å². The van der Waals surface area contributed by atoms with Crippen molar-refractivity contribution < 1.29 is 18.3 Å². The first-order valence-corrected chi connectivity index (χ1v) is 5.51. The summed E-state index contributed by atoms with van der Waals surface area (Å²) in [4.78, 5) is 13.7. The highest BCUT2D eigenvalue weighted by Crippen LogP contribution is 1.99. The van der Waals surface area contributed by atoms with E-state index in [0.717, 1.165) is 0 Å². The van der Waals surface area contributed by atoms with Crippen LogP contribution in [0.1, 0.15) is 6.42 Å². The van der Waals surface area contributed by atoms with E-state index >= 15 is 0 Å². The molecule has 0 spiro atoms. The average Bonchev–Trinajstić information content (AvgIpc) is 2.16. The topological polar surface area (TPSA) is 122 Å². The zero-order valence-corrected chi connectivity index (χ0v) is 8.31. The molecule has 15 heavy (non-hydrogen) atoms. The first-order valence-electron chi connectivity index (χ1n) is 3.85. The highest BCUT2D eigenvalue weighted by atomic mass is 32.2. The molecule has 0 aliphatic heterocycles. The van der Waals surface area contributed by atoms with Gasteiger partial charge in [0.05, 0.1) is 24.6 Å². The zero-order valence-electron chi connectivity index (χ0n) is 7.49. The molecule has 0 unspecified atom stereocenters. The van der Waals surface area contributed by atoms with E-state index in [4.69, 9.17) is 5.11 Å². The summed E-state index contributed by atoms with van der Waals surface area (Å²) in [5.74, 6) is -1.89. The van der Waals surface area contributed by atoms with Crippen LogP contribution in [0.4, 0.5) is 5.95 Å². The molecular formula is C6H8N4O4S. The fraction of sp³-hybridized carbons (Fsp3) is 0.333. The van der Waals surface area contributed by atoms with E-state index in [2.05, 4.69) is 15.2 Å². The molecule has 0 aliphatic carbocycles. The Morgan fingerprint density at radius 2 is 2.20 bits per heavy atom. The van der Waals surface area contributed by atoms with Crippen molar-refractivity contribution in [3.8, 4) is 0 Å². The van der Waals surface area contributed by atoms with E-state index < -0.39 is 28.2 Å². The number of rotatable bonds is 5. The van der Waals surface area contributed by atoms with E-state index in [1.54, 1.807) is 0 Å². The number of sulfonamides is 1. The van der Waals surface area contributed by atoms with Crippen molar-refractivity contribution >= 4 is 21.9 Å². The second-order valence-electron chi connectivity index (χ2n) is 2.53. The molecule has 2 N–H and O–H groups in total. The van der Waals surface area contributed by atoms with Crippen molar-refractivity contribution in [2.24, 2.45) is 0 Å². The largest absolute Gasteiger partial charge is 0.481 e. The monoisotopic (exact) mass is 232 g/mol. The summed E-state index contributed by atoms with van der Waals surface area (Å²) in [7, 11) is -3.73. The van der Waals surface area contributed by atoms with Crippen LogP contribution in [-0.4, -0.2) is 40.4 Å². The van der Waals surface area contributed by atoms with E-state index in [1.807, 2.05) is 4.72 Å². The van der Waals surface area contributed by atoms with Gasteiger partial charge in [0.25, 0.3) is 5.95 Å². The fourth-order valence-electron chi connectivity index (χ4n) is 0.706. The van der Waals surface area contributed by atoms with Gasteiger partial charge in [-0.05, 0) is 0 Å². The third-order valence-electron chi connectivity index (χ3n) is 1.31. The minimum absolute atomic E-state index is 0.178. The Balaban J connectivity index is 2.61. The summed E-state index contributed by atoms with van der Waals surface area (Å²) in [6.45, 7) is 0. The third-order valence-corrected chi connectivity index (χ3v) is 2.55. The molecule has 82 valence electrons. The van der Waals surface area contributed by atoms with Gasteiger partial charge in [-0.15, -0.1) is 5.10 Å². The maximum absolute atomic E-state index is 11.2. The molecule has 0 atom stereocenters. The molecule has 0 amide bonds. The SMILES string of the molecule is O=C(O)CCS(=O)(=O)Nc1nccnn1. The van der Waals surface area contributed by atoms with Crippen molar-refractivity contribution in [3.63, 3.8) is 0 Å². The van der Waals surface area contributed by atoms with Crippen LogP contribution in [0.5, 0.6) is 0 Å². The lowest BCUT2D eigenvalue weighted by Gasteiger charge is -2.03. The number of anilines is 1. The summed E-state index contributed by atoms with van der Waals surface area (Å²) in [6, 6.07) is 0. The Hall–Kier alpha value is -1.77. The molecule has 0 fully saturated rings. The predicted molar refractivity (Wildman–Crippen MR) is 49.5 cm³/mol. The minimum atomic E-state index is -3.73. The Morgan fingerprint density at radius 1 is 1.47 bits per heavy atom. The predicted octanol–water partition coefficient (Wildman–Crippen LogP) is -0.912. The number of nitrogens with one attached hydrogen (secondary N) is 1. The number of hydrogen-bond acceptors (Lipinski definition) is 6. The molecule has 1 heterocycles. The lowest BCUT2D eigenvalue weighted by molar-refractivity contribution is -0.136. The molecule has 1 rings (SSSR count). The molecule has 0 saturated carbocycles. The van der Waals surface area contributed by atoms with Gasteiger partial charge in [-0.3, -0.25) is 4.79 Å². The molecule has 0 aliphatic rings. The van der Waals surface area contributed by atoms with Crippen LogP contribution in [0.2, 0.25) is 0 Å². The first kappa shape index (κ1) is 11.3. The van der Waals surface area contributed by atoms with Crippen molar-refractivity contribution in [3.05, 3.63) is 12.4 Å². The summed E-state index contributed by atoms with van der Waals surface area (Å²) in [6.07, 6.45) is 2.08. The summed E-state index contributed by atoms with van der Waals surface area (Å²) in [5.41, 5.74) is 0. The van der Waals surface area contributed by atoms with E-state index in [0.29, 0.717) is 0 Å². The molecular weight excluding hydrogens is 224 g/mol. The highest BCUT2D eigenvalue weighted by molar-refractivity contribution is 7.92. The number of aliphatic carboxylic acids is 1. The Morgan fingerprint density at radius 3 is 2.73 bits per heavy atom. The molecule has 9 heteroatoms. The maximum atomic E-state index is 11.2. The summed E-state index contributed by atoms with van der Waals surface area (Å²) < 4.78 is 24.4. The van der Waals surface area contributed by atoms with E-state index in [1.165, 1.54) is 12.4 Å². The number of carboxylic acids is 1. The lowest BCUT2D eigenvalue weighted by atomic mass is 10.5. The van der Waals surface area contributed by atoms with Crippen LogP contribution in [0.15, 0.2) is 12.4 Å². The van der Waals surface area contributed by atoms with Crippen molar-refractivity contribution in [2.75, 3.05) is 10.5 Å². The Labute approximate surface area is 85.4 Å². The van der Waals surface area contributed by atoms with Crippen LogP contribution in [0, 0.1) is 0 Å². The van der Waals surface area contributed by atoms with Gasteiger partial charge in [-0.25, -0.2) is 18.1 Å². The Kier molecular flexibility index (Phi) is 3.50. The van der Waals surface area contributed by atoms with Crippen LogP contribution in [-0.2, 0) is 14.8 Å². The lowest BCUT2D eigenvalue weighted by Crippen LogP contribution is -2.20. The van der Waals surface area contributed by atoms with Gasteiger partial charge in [0.1, 0.15) is 0 Å². The van der Waals surface area contributed by atoms with Crippen molar-refractivity contribution in [2.45, 2.75) is 6.42 Å². The number of hydrogen-bond donors (Lipinski definition) is 2. The van der Waals surface area contributed by atoms with Crippen LogP contribution >= 0.6 is 0 Å². The van der Waals surface area contributed by atoms with Gasteiger partial charge in [-0.2, -0.15) is 5.10 Å². The normalized spacial score (nSPS) is 10.9. The average molecular weight is 232 g/mol. The first-order chi connectivity index (χ1) is 6.99. The fourth-order valence-corrected chi connectivity index (χ4v) is 1.62. The molecule has 1 aromatic heterocycles. The molecule has 0 bridgehead atoms. The molecule has 8 nitrogen and oxygen atoms in total. The van der Waals surface area contributed by atoms with Crippen molar-refractivity contribution in [1.29, 1.82) is 0 Å². The zero-order chi connectivity index (χ0) is 11.3.